The number of methoxy groups -OCH3 is 1. The molecule has 0 aliphatic heterocycles. The maximum absolute atomic E-state index is 6.71. The molecular formula is C25H38O2Si. The van der Waals surface area contributed by atoms with Gasteiger partial charge >= 0.3 is 0 Å². The molecule has 0 N–H and O–H groups in total. The molecule has 3 aliphatic rings. The van der Waals surface area contributed by atoms with Crippen LogP contribution in [0.25, 0.3) is 0 Å². The van der Waals surface area contributed by atoms with Gasteiger partial charge in [-0.05, 0) is 104 Å². The van der Waals surface area contributed by atoms with E-state index in [1.54, 1.807) is 12.7 Å². The minimum Gasteiger partial charge on any atom is -0.547 e. The Morgan fingerprint density at radius 3 is 2.54 bits per heavy atom. The second kappa shape index (κ2) is 6.93. The van der Waals surface area contributed by atoms with Gasteiger partial charge in [-0.25, -0.2) is 0 Å². The molecule has 0 saturated heterocycles. The van der Waals surface area contributed by atoms with Crippen molar-refractivity contribution in [1.29, 1.82) is 0 Å². The summed E-state index contributed by atoms with van der Waals surface area (Å²) in [6, 6.07) is 6.81. The van der Waals surface area contributed by atoms with Gasteiger partial charge in [0.05, 0.1) is 12.9 Å². The minimum atomic E-state index is -1.60. The number of benzene rings is 1. The van der Waals surface area contributed by atoms with Crippen LogP contribution in [-0.2, 0) is 10.8 Å². The van der Waals surface area contributed by atoms with Crippen LogP contribution in [0, 0.1) is 29.1 Å². The predicted molar refractivity (Wildman–Crippen MR) is 119 cm³/mol. The summed E-state index contributed by atoms with van der Waals surface area (Å²) < 4.78 is 12.2. The van der Waals surface area contributed by atoms with Crippen molar-refractivity contribution >= 4 is 8.32 Å². The van der Waals surface area contributed by atoms with Gasteiger partial charge in [0.2, 0.25) is 8.32 Å². The molecule has 4 rings (SSSR count). The zero-order chi connectivity index (χ0) is 20.3. The molecule has 0 spiro atoms. The molecule has 0 unspecified atom stereocenters. The quantitative estimate of drug-likeness (QED) is 0.520. The van der Waals surface area contributed by atoms with Gasteiger partial charge in [0, 0.05) is 5.41 Å². The number of hydrogen-bond donors (Lipinski definition) is 0. The number of fused-ring (bicyclic) bond motifs is 5. The molecule has 0 radical (unpaired) electrons. The van der Waals surface area contributed by atoms with Crippen molar-refractivity contribution < 1.29 is 9.16 Å². The Kier molecular flexibility index (Phi) is 4.97. The maximum atomic E-state index is 6.71. The smallest absolute Gasteiger partial charge is 0.241 e. The van der Waals surface area contributed by atoms with Gasteiger partial charge in [0.25, 0.3) is 0 Å². The Bertz CT molecular complexity index is 775. The normalized spacial score (nSPS) is 34.4. The van der Waals surface area contributed by atoms with Crippen molar-refractivity contribution in [3.63, 3.8) is 0 Å². The van der Waals surface area contributed by atoms with Crippen molar-refractivity contribution in [2.45, 2.75) is 72.0 Å². The largest absolute Gasteiger partial charge is 0.547 e. The number of aryl methyl sites for hydroxylation is 1. The minimum absolute atomic E-state index is 0.223. The van der Waals surface area contributed by atoms with Crippen LogP contribution < -0.4 is 4.74 Å². The van der Waals surface area contributed by atoms with E-state index in [-0.39, 0.29) is 5.41 Å². The molecule has 0 aromatic heterocycles. The summed E-state index contributed by atoms with van der Waals surface area (Å²) in [5.41, 5.74) is 3.34. The van der Waals surface area contributed by atoms with Crippen LogP contribution in [0.2, 0.25) is 19.6 Å². The van der Waals surface area contributed by atoms with Crippen LogP contribution in [0.1, 0.15) is 57.1 Å². The molecule has 28 heavy (non-hydrogen) atoms. The first-order valence-corrected chi connectivity index (χ1v) is 14.6. The molecule has 3 heteroatoms. The second-order valence-corrected chi connectivity index (χ2v) is 15.4. The molecule has 0 bridgehead atoms. The fraction of sp³-hybridized carbons (Fsp3) is 0.680. The third-order valence-electron chi connectivity index (χ3n) is 7.69. The summed E-state index contributed by atoms with van der Waals surface area (Å²) >= 11 is 0. The summed E-state index contributed by atoms with van der Waals surface area (Å²) in [5, 5.41) is 0. The summed E-state index contributed by atoms with van der Waals surface area (Å²) in [4.78, 5) is 0. The van der Waals surface area contributed by atoms with Crippen molar-refractivity contribution in [2.75, 3.05) is 7.11 Å². The van der Waals surface area contributed by atoms with Crippen molar-refractivity contribution in [3.8, 4) is 5.75 Å². The van der Waals surface area contributed by atoms with Crippen LogP contribution in [0.4, 0.5) is 0 Å². The van der Waals surface area contributed by atoms with E-state index in [0.29, 0.717) is 23.7 Å². The van der Waals surface area contributed by atoms with Gasteiger partial charge in [0.15, 0.2) is 0 Å². The highest BCUT2D eigenvalue weighted by Gasteiger charge is 2.57. The molecular weight excluding hydrogens is 360 g/mol. The second-order valence-electron chi connectivity index (χ2n) is 10.9. The first kappa shape index (κ1) is 20.1. The Balaban J connectivity index is 1.70. The first-order valence-electron chi connectivity index (χ1n) is 11.2. The number of hydrogen-bond acceptors (Lipinski definition) is 2. The van der Waals surface area contributed by atoms with Gasteiger partial charge < -0.3 is 9.16 Å². The van der Waals surface area contributed by atoms with Gasteiger partial charge in [-0.3, -0.25) is 0 Å². The lowest BCUT2D eigenvalue weighted by atomic mass is 9.53. The number of rotatable bonds is 4. The van der Waals surface area contributed by atoms with Gasteiger partial charge in [-0.2, -0.15) is 0 Å². The molecule has 1 saturated carbocycles. The Morgan fingerprint density at radius 2 is 1.89 bits per heavy atom. The molecule has 5 atom stereocenters. The average molecular weight is 399 g/mol. The Morgan fingerprint density at radius 1 is 1.14 bits per heavy atom. The van der Waals surface area contributed by atoms with Crippen LogP contribution in [0.15, 0.2) is 30.0 Å². The van der Waals surface area contributed by atoms with E-state index in [2.05, 4.69) is 64.7 Å². The van der Waals surface area contributed by atoms with Crippen LogP contribution >= 0.6 is 0 Å². The summed E-state index contributed by atoms with van der Waals surface area (Å²) in [5.74, 6) is 5.85. The molecule has 1 aromatic carbocycles. The van der Waals surface area contributed by atoms with Gasteiger partial charge in [-0.1, -0.05) is 26.8 Å². The third kappa shape index (κ3) is 3.24. The lowest BCUT2D eigenvalue weighted by molar-refractivity contribution is 0.0159. The zero-order valence-corrected chi connectivity index (χ0v) is 19.8. The molecule has 154 valence electrons. The van der Waals surface area contributed by atoms with Gasteiger partial charge in [0.1, 0.15) is 5.75 Å². The van der Waals surface area contributed by atoms with E-state index >= 15 is 0 Å². The highest BCUT2D eigenvalue weighted by atomic mass is 28.4. The predicted octanol–water partition coefficient (Wildman–Crippen LogP) is 6.78. The fourth-order valence-electron chi connectivity index (χ4n) is 6.49. The lowest BCUT2D eigenvalue weighted by Crippen LogP contribution is -2.45. The highest BCUT2D eigenvalue weighted by molar-refractivity contribution is 6.70. The summed E-state index contributed by atoms with van der Waals surface area (Å²) in [6.45, 7) is 14.3. The Hall–Kier alpha value is -1.22. The lowest BCUT2D eigenvalue weighted by Gasteiger charge is -2.52. The topological polar surface area (TPSA) is 18.5 Å². The first-order chi connectivity index (χ1) is 13.1. The summed E-state index contributed by atoms with van der Waals surface area (Å²) in [7, 11) is 0.171. The monoisotopic (exact) mass is 398 g/mol. The van der Waals surface area contributed by atoms with Crippen LogP contribution in [0.3, 0.4) is 0 Å². The SMILES string of the molecule is COc1ccc2c(c1)CC[C@H]1[C@@H]3[C@H](C(C)C)C=C(O[Si](C)(C)C)[C@@]3(C)CC[C@H]21. The summed E-state index contributed by atoms with van der Waals surface area (Å²) in [6.07, 6.45) is 7.59. The molecule has 1 aromatic rings. The van der Waals surface area contributed by atoms with Crippen molar-refractivity contribution in [3.05, 3.63) is 41.2 Å². The molecule has 0 amide bonds. The standard InChI is InChI=1S/C25H38O2Si/c1-16(2)22-15-23(27-28(5,6)7)25(3)13-12-20-19-11-9-18(26-4)14-17(19)8-10-21(20)24(22)25/h9,11,14-16,20-22,24H,8,10,12-13H2,1-7H3/t20-,21-,22+,24-,25-/m1/s1. The highest BCUT2D eigenvalue weighted by Crippen LogP contribution is 2.64. The molecule has 0 heterocycles. The van der Waals surface area contributed by atoms with E-state index in [9.17, 15) is 0 Å². The van der Waals surface area contributed by atoms with E-state index in [1.165, 1.54) is 37.0 Å². The number of allylic oxidation sites excluding steroid dienone is 2. The van der Waals surface area contributed by atoms with E-state index in [0.717, 1.165) is 11.7 Å². The van der Waals surface area contributed by atoms with Crippen molar-refractivity contribution in [1.82, 2.24) is 0 Å². The number of ether oxygens (including phenoxy) is 1. The van der Waals surface area contributed by atoms with E-state index in [1.807, 2.05) is 0 Å². The van der Waals surface area contributed by atoms with Crippen LogP contribution in [0.5, 0.6) is 5.75 Å². The van der Waals surface area contributed by atoms with Crippen molar-refractivity contribution in [2.24, 2.45) is 29.1 Å². The average Bonchev–Trinajstić information content (AvgIpc) is 2.92. The zero-order valence-electron chi connectivity index (χ0n) is 18.8. The fourth-order valence-corrected chi connectivity index (χ4v) is 7.45. The Labute approximate surface area is 172 Å². The molecule has 2 nitrogen and oxygen atoms in total. The molecule has 3 aliphatic carbocycles. The van der Waals surface area contributed by atoms with E-state index < -0.39 is 8.32 Å². The maximum Gasteiger partial charge on any atom is 0.241 e. The van der Waals surface area contributed by atoms with Gasteiger partial charge in [-0.15, -0.1) is 0 Å². The molecule has 1 fully saturated rings. The van der Waals surface area contributed by atoms with Crippen LogP contribution in [-0.4, -0.2) is 15.4 Å². The third-order valence-corrected chi connectivity index (χ3v) is 8.52. The van der Waals surface area contributed by atoms with E-state index in [4.69, 9.17) is 9.16 Å².